The Labute approximate surface area is 91.7 Å². The molecule has 0 spiro atoms. The van der Waals surface area contributed by atoms with Gasteiger partial charge in [-0.3, -0.25) is 0 Å². The van der Waals surface area contributed by atoms with E-state index < -0.39 is 5.60 Å². The van der Waals surface area contributed by atoms with E-state index in [1.165, 1.54) is 25.7 Å². The summed E-state index contributed by atoms with van der Waals surface area (Å²) >= 11 is 0. The van der Waals surface area contributed by atoms with E-state index in [1.807, 2.05) is 0 Å². The van der Waals surface area contributed by atoms with Gasteiger partial charge < -0.3 is 10.2 Å². The molecule has 4 fully saturated rings. The van der Waals surface area contributed by atoms with Crippen LogP contribution in [0.5, 0.6) is 0 Å². The largest absolute Gasteiger partial charge is 0.396 e. The number of fused-ring (bicyclic) bond motifs is 3. The Balaban J connectivity index is 1.92. The highest BCUT2D eigenvalue weighted by molar-refractivity contribution is 5.10. The molecule has 0 aromatic rings. The zero-order chi connectivity index (χ0) is 10.5. The lowest BCUT2D eigenvalue weighted by Gasteiger charge is -2.61. The van der Waals surface area contributed by atoms with Gasteiger partial charge in [0.2, 0.25) is 0 Å². The minimum Gasteiger partial charge on any atom is -0.396 e. The predicted octanol–water partition coefficient (Wildman–Crippen LogP) is 2.09. The zero-order valence-corrected chi connectivity index (χ0v) is 9.41. The summed E-state index contributed by atoms with van der Waals surface area (Å²) in [7, 11) is 0. The Bertz CT molecular complexity index is 251. The van der Waals surface area contributed by atoms with E-state index in [-0.39, 0.29) is 12.0 Å². The molecule has 0 aromatic heterocycles. The normalized spacial score (nSPS) is 47.6. The maximum atomic E-state index is 10.6. The maximum absolute atomic E-state index is 10.6. The van der Waals surface area contributed by atoms with Crippen LogP contribution in [0.25, 0.3) is 0 Å². The van der Waals surface area contributed by atoms with E-state index >= 15 is 0 Å². The molecule has 0 amide bonds. The van der Waals surface area contributed by atoms with Gasteiger partial charge in [-0.1, -0.05) is 12.8 Å². The highest BCUT2D eigenvalue weighted by atomic mass is 16.3. The van der Waals surface area contributed by atoms with E-state index in [4.69, 9.17) is 0 Å². The monoisotopic (exact) mass is 210 g/mol. The van der Waals surface area contributed by atoms with E-state index in [2.05, 4.69) is 0 Å². The summed E-state index contributed by atoms with van der Waals surface area (Å²) in [5.41, 5.74) is -0.627. The first kappa shape index (κ1) is 10.1. The standard InChI is InChI=1S/C13H22O2/c14-9-12(13(15)6-1-7-13)8-10-2-4-11(12)5-3-10/h10-11,14-15H,1-9H2. The summed E-state index contributed by atoms with van der Waals surface area (Å²) < 4.78 is 0. The molecule has 1 unspecified atom stereocenters. The zero-order valence-electron chi connectivity index (χ0n) is 9.41. The molecule has 2 heteroatoms. The van der Waals surface area contributed by atoms with Gasteiger partial charge in [0, 0.05) is 5.41 Å². The third-order valence-electron chi connectivity index (χ3n) is 5.67. The first-order valence-electron chi connectivity index (χ1n) is 6.53. The average molecular weight is 210 g/mol. The predicted molar refractivity (Wildman–Crippen MR) is 58.4 cm³/mol. The van der Waals surface area contributed by atoms with Crippen molar-refractivity contribution in [1.82, 2.24) is 0 Å². The molecule has 1 atom stereocenters. The van der Waals surface area contributed by atoms with Crippen LogP contribution >= 0.6 is 0 Å². The fourth-order valence-corrected chi connectivity index (χ4v) is 4.52. The van der Waals surface area contributed by atoms with Crippen molar-refractivity contribution >= 4 is 0 Å². The van der Waals surface area contributed by atoms with E-state index in [1.54, 1.807) is 0 Å². The molecule has 0 aliphatic heterocycles. The minimum absolute atomic E-state index is 0.119. The van der Waals surface area contributed by atoms with Crippen molar-refractivity contribution in [3.8, 4) is 0 Å². The van der Waals surface area contributed by atoms with Crippen LogP contribution in [0.3, 0.4) is 0 Å². The molecule has 0 saturated heterocycles. The van der Waals surface area contributed by atoms with Gasteiger partial charge >= 0.3 is 0 Å². The van der Waals surface area contributed by atoms with Gasteiger partial charge in [-0.05, 0) is 50.4 Å². The van der Waals surface area contributed by atoms with E-state index in [0.717, 1.165) is 31.6 Å². The fraction of sp³-hybridized carbons (Fsp3) is 1.00. The number of hydrogen-bond donors (Lipinski definition) is 2. The number of aliphatic hydroxyl groups is 2. The SMILES string of the molecule is OCC1(C2(O)CCC2)CC2CCC1CC2. The van der Waals surface area contributed by atoms with Gasteiger partial charge in [0.15, 0.2) is 0 Å². The number of rotatable bonds is 2. The molecule has 2 bridgehead atoms. The lowest BCUT2D eigenvalue weighted by atomic mass is 9.46. The smallest absolute Gasteiger partial charge is 0.0728 e. The van der Waals surface area contributed by atoms with Crippen molar-refractivity contribution in [3.05, 3.63) is 0 Å². The Morgan fingerprint density at radius 1 is 1.07 bits per heavy atom. The lowest BCUT2D eigenvalue weighted by molar-refractivity contribution is -0.216. The maximum Gasteiger partial charge on any atom is 0.0728 e. The second-order valence-corrected chi connectivity index (χ2v) is 6.12. The van der Waals surface area contributed by atoms with Crippen LogP contribution in [0.2, 0.25) is 0 Å². The quantitative estimate of drug-likeness (QED) is 0.732. The van der Waals surface area contributed by atoms with Gasteiger partial charge in [0.1, 0.15) is 0 Å². The summed E-state index contributed by atoms with van der Waals surface area (Å²) in [6, 6.07) is 0. The molecule has 86 valence electrons. The minimum atomic E-state index is -0.508. The Morgan fingerprint density at radius 2 is 1.73 bits per heavy atom. The van der Waals surface area contributed by atoms with Crippen LogP contribution in [-0.2, 0) is 0 Å². The van der Waals surface area contributed by atoms with E-state index in [9.17, 15) is 10.2 Å². The van der Waals surface area contributed by atoms with Gasteiger partial charge in [-0.2, -0.15) is 0 Å². The Hall–Kier alpha value is -0.0800. The molecule has 4 rings (SSSR count). The molecule has 2 N–H and O–H groups in total. The number of aliphatic hydroxyl groups excluding tert-OH is 1. The first-order valence-corrected chi connectivity index (χ1v) is 6.53. The summed E-state index contributed by atoms with van der Waals surface area (Å²) in [5.74, 6) is 1.38. The summed E-state index contributed by atoms with van der Waals surface area (Å²) in [5, 5.41) is 20.5. The van der Waals surface area contributed by atoms with Crippen LogP contribution in [0.4, 0.5) is 0 Å². The van der Waals surface area contributed by atoms with Crippen molar-refractivity contribution in [1.29, 1.82) is 0 Å². The second kappa shape index (κ2) is 3.21. The molecule has 0 heterocycles. The van der Waals surface area contributed by atoms with Crippen LogP contribution in [-0.4, -0.2) is 22.4 Å². The highest BCUT2D eigenvalue weighted by Gasteiger charge is 2.60. The van der Waals surface area contributed by atoms with Crippen molar-refractivity contribution in [3.63, 3.8) is 0 Å². The molecule has 0 aromatic carbocycles. The first-order chi connectivity index (χ1) is 7.20. The van der Waals surface area contributed by atoms with Gasteiger partial charge in [-0.15, -0.1) is 0 Å². The fourth-order valence-electron chi connectivity index (χ4n) is 4.52. The van der Waals surface area contributed by atoms with Crippen LogP contribution in [0.1, 0.15) is 51.4 Å². The second-order valence-electron chi connectivity index (χ2n) is 6.12. The topological polar surface area (TPSA) is 40.5 Å². The van der Waals surface area contributed by atoms with Crippen LogP contribution in [0, 0.1) is 17.3 Å². The van der Waals surface area contributed by atoms with Crippen LogP contribution < -0.4 is 0 Å². The molecule has 4 saturated carbocycles. The third kappa shape index (κ3) is 1.18. The van der Waals surface area contributed by atoms with Crippen molar-refractivity contribution < 1.29 is 10.2 Å². The van der Waals surface area contributed by atoms with Crippen LogP contribution in [0.15, 0.2) is 0 Å². The molecule has 4 aliphatic rings. The van der Waals surface area contributed by atoms with E-state index in [0.29, 0.717) is 5.92 Å². The lowest BCUT2D eigenvalue weighted by Crippen LogP contribution is -2.62. The highest BCUT2D eigenvalue weighted by Crippen LogP contribution is 2.61. The molecule has 2 nitrogen and oxygen atoms in total. The van der Waals surface area contributed by atoms with Crippen molar-refractivity contribution in [2.75, 3.05) is 6.61 Å². The van der Waals surface area contributed by atoms with Gasteiger partial charge in [0.25, 0.3) is 0 Å². The summed E-state index contributed by atoms with van der Waals surface area (Å²) in [4.78, 5) is 0. The molecular formula is C13H22O2. The number of hydrogen-bond acceptors (Lipinski definition) is 2. The average Bonchev–Trinajstić information content (AvgIpc) is 2.27. The van der Waals surface area contributed by atoms with Crippen molar-refractivity contribution in [2.24, 2.45) is 17.3 Å². The molecule has 4 aliphatic carbocycles. The van der Waals surface area contributed by atoms with Gasteiger partial charge in [0.05, 0.1) is 12.2 Å². The van der Waals surface area contributed by atoms with Gasteiger partial charge in [-0.25, -0.2) is 0 Å². The molecule has 15 heavy (non-hydrogen) atoms. The third-order valence-corrected chi connectivity index (χ3v) is 5.67. The summed E-state index contributed by atoms with van der Waals surface area (Å²) in [6.07, 6.45) is 9.25. The van der Waals surface area contributed by atoms with Crippen molar-refractivity contribution in [2.45, 2.75) is 57.0 Å². The summed E-state index contributed by atoms with van der Waals surface area (Å²) in [6.45, 7) is 0.213. The Kier molecular flexibility index (Phi) is 2.16. The Morgan fingerprint density at radius 3 is 2.07 bits per heavy atom. The molecular weight excluding hydrogens is 188 g/mol. The molecule has 0 radical (unpaired) electrons.